The first-order chi connectivity index (χ1) is 24.7. The van der Waals surface area contributed by atoms with E-state index in [1.807, 2.05) is 61.5 Å². The molecule has 1 saturated heterocycles. The molecule has 0 aromatic carbocycles. The normalized spacial score (nSPS) is 40.8. The SMILES string of the molecule is COC(=O)[C@@]12CC(=O)[C@@H](C(C)C)CC(=O)[C@@H](C)CCC[C@@H](C)CC(=O)[C@@H]1CC(C)=C1[C@H](O)C[C@](C)(Cl)[C@H]3CC[C@](C)(O3)[C@H](OC(C)=O)CC/C(C)=C/[C@H]12. The van der Waals surface area contributed by atoms with Crippen LogP contribution in [0.1, 0.15) is 139 Å². The number of ketones is 3. The molecular weight excluding hydrogens is 696 g/mol. The molecule has 11 atom stereocenters. The van der Waals surface area contributed by atoms with Crippen molar-refractivity contribution < 1.29 is 43.3 Å². The summed E-state index contributed by atoms with van der Waals surface area (Å²) in [6.07, 6.45) is 4.31. The predicted molar refractivity (Wildman–Crippen MR) is 204 cm³/mol. The molecule has 2 aliphatic carbocycles. The average Bonchev–Trinajstić information content (AvgIpc) is 3.48. The summed E-state index contributed by atoms with van der Waals surface area (Å²) >= 11 is 7.31. The maximum atomic E-state index is 14.8. The van der Waals surface area contributed by atoms with E-state index in [1.54, 1.807) is 0 Å². The summed E-state index contributed by atoms with van der Waals surface area (Å²) < 4.78 is 18.2. The first-order valence-electron chi connectivity index (χ1n) is 19.9. The van der Waals surface area contributed by atoms with Crippen molar-refractivity contribution in [2.45, 2.75) is 168 Å². The Kier molecular flexibility index (Phi) is 14.1. The Hall–Kier alpha value is -2.36. The van der Waals surface area contributed by atoms with E-state index in [9.17, 15) is 29.1 Å². The Morgan fingerprint density at radius 3 is 2.28 bits per heavy atom. The summed E-state index contributed by atoms with van der Waals surface area (Å²) in [5.74, 6) is -4.28. The molecule has 2 heterocycles. The van der Waals surface area contributed by atoms with Gasteiger partial charge in [0.25, 0.3) is 0 Å². The van der Waals surface area contributed by atoms with E-state index in [0.29, 0.717) is 37.7 Å². The van der Waals surface area contributed by atoms with Crippen LogP contribution in [0, 0.1) is 40.9 Å². The molecular formula is C43H65ClO9. The largest absolute Gasteiger partial charge is 0.469 e. The van der Waals surface area contributed by atoms with Crippen LogP contribution in [-0.4, -0.2) is 70.3 Å². The van der Waals surface area contributed by atoms with E-state index < -0.39 is 63.9 Å². The first-order valence-corrected chi connectivity index (χ1v) is 20.3. The van der Waals surface area contributed by atoms with Crippen LogP contribution in [0.5, 0.6) is 0 Å². The summed E-state index contributed by atoms with van der Waals surface area (Å²) in [5.41, 5.74) is -0.294. The van der Waals surface area contributed by atoms with Gasteiger partial charge in [0.15, 0.2) is 0 Å². The number of hydrogen-bond donors (Lipinski definition) is 1. The fraction of sp³-hybridized carbons (Fsp3) is 0.791. The topological polar surface area (TPSA) is 133 Å². The van der Waals surface area contributed by atoms with Gasteiger partial charge in [-0.05, 0) is 90.0 Å². The molecule has 53 heavy (non-hydrogen) atoms. The van der Waals surface area contributed by atoms with Crippen LogP contribution in [0.2, 0.25) is 0 Å². The third-order valence-corrected chi connectivity index (χ3v) is 13.6. The van der Waals surface area contributed by atoms with Crippen molar-refractivity contribution in [1.29, 1.82) is 0 Å². The van der Waals surface area contributed by atoms with Gasteiger partial charge in [0.2, 0.25) is 0 Å². The number of ether oxygens (including phenoxy) is 3. The van der Waals surface area contributed by atoms with Crippen LogP contribution in [0.4, 0.5) is 0 Å². The van der Waals surface area contributed by atoms with Crippen molar-refractivity contribution in [3.8, 4) is 0 Å². The number of hydrogen-bond acceptors (Lipinski definition) is 9. The van der Waals surface area contributed by atoms with Crippen molar-refractivity contribution >= 4 is 40.9 Å². The zero-order valence-electron chi connectivity index (χ0n) is 33.8. The van der Waals surface area contributed by atoms with E-state index in [2.05, 4.69) is 0 Å². The lowest BCUT2D eigenvalue weighted by molar-refractivity contribution is -0.169. The molecule has 298 valence electrons. The van der Waals surface area contributed by atoms with Gasteiger partial charge in [-0.3, -0.25) is 24.0 Å². The van der Waals surface area contributed by atoms with Crippen LogP contribution < -0.4 is 0 Å². The van der Waals surface area contributed by atoms with Crippen molar-refractivity contribution in [1.82, 2.24) is 0 Å². The highest BCUT2D eigenvalue weighted by molar-refractivity contribution is 6.24. The lowest BCUT2D eigenvalue weighted by atomic mass is 9.52. The number of alkyl halides is 1. The first kappa shape index (κ1) is 43.4. The van der Waals surface area contributed by atoms with Crippen LogP contribution >= 0.6 is 11.6 Å². The van der Waals surface area contributed by atoms with Gasteiger partial charge in [-0.2, -0.15) is 0 Å². The summed E-state index contributed by atoms with van der Waals surface area (Å²) in [7, 11) is 1.29. The number of fused-ring (bicyclic) bond motifs is 5. The molecule has 0 unspecified atom stereocenters. The number of halogens is 1. The molecule has 2 fully saturated rings. The van der Waals surface area contributed by atoms with E-state index in [4.69, 9.17) is 25.8 Å². The smallest absolute Gasteiger partial charge is 0.313 e. The van der Waals surface area contributed by atoms with Crippen molar-refractivity contribution in [2.75, 3.05) is 7.11 Å². The average molecular weight is 761 g/mol. The van der Waals surface area contributed by atoms with E-state index in [-0.39, 0.29) is 67.2 Å². The lowest BCUT2D eigenvalue weighted by Crippen LogP contribution is -2.55. The van der Waals surface area contributed by atoms with Gasteiger partial charge >= 0.3 is 11.9 Å². The molecule has 0 amide bonds. The molecule has 0 aromatic rings. The molecule has 9 nitrogen and oxygen atoms in total. The van der Waals surface area contributed by atoms with Crippen LogP contribution in [-0.2, 0) is 38.2 Å². The van der Waals surface area contributed by atoms with Gasteiger partial charge in [-0.15, -0.1) is 11.6 Å². The molecule has 0 spiro atoms. The van der Waals surface area contributed by atoms with Crippen molar-refractivity contribution in [3.05, 3.63) is 22.8 Å². The van der Waals surface area contributed by atoms with Gasteiger partial charge in [-0.1, -0.05) is 57.8 Å². The molecule has 0 aromatic heterocycles. The molecule has 0 radical (unpaired) electrons. The van der Waals surface area contributed by atoms with Gasteiger partial charge < -0.3 is 19.3 Å². The van der Waals surface area contributed by atoms with Gasteiger partial charge in [0.05, 0.1) is 29.6 Å². The minimum absolute atomic E-state index is 0.00256. The fourth-order valence-electron chi connectivity index (χ4n) is 9.90. The number of esters is 2. The van der Waals surface area contributed by atoms with Gasteiger partial charge in [-0.25, -0.2) is 0 Å². The van der Waals surface area contributed by atoms with Crippen molar-refractivity contribution in [3.63, 3.8) is 0 Å². The maximum absolute atomic E-state index is 14.8. The zero-order chi connectivity index (χ0) is 39.6. The van der Waals surface area contributed by atoms with E-state index in [0.717, 1.165) is 24.0 Å². The molecule has 1 N–H and O–H groups in total. The second kappa shape index (κ2) is 17.2. The molecule has 4 rings (SSSR count). The molecule has 2 bridgehead atoms. The Labute approximate surface area is 322 Å². The summed E-state index contributed by atoms with van der Waals surface area (Å²) in [4.78, 5) is 69.1. The Balaban J connectivity index is 1.99. The minimum atomic E-state index is -1.69. The predicted octanol–water partition coefficient (Wildman–Crippen LogP) is 8.06. The standard InChI is InChI=1S/C43H65ClO9/c1-24(2)30-21-33(46)27(5)13-11-12-25(3)19-34(47)31-20-28(6)39-32(43(31,23-35(30)48)40(50)51-10)18-26(4)14-15-38(52-29(7)45)42(9)17-16-37(53-42)41(8,44)22-36(39)49/h18,24-25,27,30-32,36-38,49H,11-17,19-23H2,1-10H3/b26-18+/t25-,27+,30-,31+,32-,36-,37-,38-,41+,42+,43+/m1/s1. The highest BCUT2D eigenvalue weighted by atomic mass is 35.5. The quantitative estimate of drug-likeness (QED) is 0.172. The number of Topliss-reactive ketones (excluding diaryl/α,β-unsaturated/α-hetero) is 3. The Morgan fingerprint density at radius 1 is 0.981 bits per heavy atom. The third-order valence-electron chi connectivity index (χ3n) is 13.2. The number of aliphatic hydroxyl groups is 1. The third kappa shape index (κ3) is 9.37. The maximum Gasteiger partial charge on any atom is 0.313 e. The summed E-state index contributed by atoms with van der Waals surface area (Å²) in [6, 6.07) is 0. The zero-order valence-corrected chi connectivity index (χ0v) is 34.6. The highest BCUT2D eigenvalue weighted by Gasteiger charge is 2.60. The minimum Gasteiger partial charge on any atom is -0.469 e. The molecule has 2 aliphatic heterocycles. The van der Waals surface area contributed by atoms with E-state index >= 15 is 0 Å². The van der Waals surface area contributed by atoms with Gasteiger partial charge in [0, 0.05) is 49.9 Å². The Morgan fingerprint density at radius 2 is 1.66 bits per heavy atom. The van der Waals surface area contributed by atoms with Gasteiger partial charge in [0.1, 0.15) is 29.1 Å². The monoisotopic (exact) mass is 760 g/mol. The fourth-order valence-corrected chi connectivity index (χ4v) is 10.2. The number of allylic oxidation sites excluding steroid dienone is 3. The van der Waals surface area contributed by atoms with E-state index in [1.165, 1.54) is 14.0 Å². The highest BCUT2D eigenvalue weighted by Crippen LogP contribution is 2.56. The summed E-state index contributed by atoms with van der Waals surface area (Å²) in [5, 5.41) is 12.4. The number of methoxy groups -OCH3 is 1. The summed E-state index contributed by atoms with van der Waals surface area (Å²) in [6.45, 7) is 16.8. The lowest BCUT2D eigenvalue weighted by Gasteiger charge is -2.49. The van der Waals surface area contributed by atoms with Crippen molar-refractivity contribution in [2.24, 2.45) is 40.9 Å². The number of carbonyl (C=O) groups is 5. The van der Waals surface area contributed by atoms with Crippen LogP contribution in [0.3, 0.4) is 0 Å². The molecule has 10 heteroatoms. The second-order valence-corrected chi connectivity index (χ2v) is 18.7. The molecule has 1 saturated carbocycles. The number of rotatable bonds is 3. The van der Waals surface area contributed by atoms with Crippen LogP contribution in [0.15, 0.2) is 22.8 Å². The Bertz CT molecular complexity index is 1480. The second-order valence-electron chi connectivity index (χ2n) is 17.9. The number of carbonyl (C=O) groups excluding carboxylic acids is 5. The number of aliphatic hydroxyl groups excluding tert-OH is 1. The van der Waals surface area contributed by atoms with Crippen LogP contribution in [0.25, 0.3) is 0 Å². The molecule has 4 aliphatic rings.